The van der Waals surface area contributed by atoms with E-state index in [0.717, 1.165) is 18.5 Å². The molecule has 0 unspecified atom stereocenters. The highest BCUT2D eigenvalue weighted by Crippen LogP contribution is 2.33. The number of nitrogens with zero attached hydrogens (tertiary/aromatic N) is 3. The van der Waals surface area contributed by atoms with Gasteiger partial charge >= 0.3 is 0 Å². The van der Waals surface area contributed by atoms with E-state index in [4.69, 9.17) is 17.3 Å². The zero-order valence-corrected chi connectivity index (χ0v) is 11.5. The monoisotopic (exact) mass is 291 g/mol. The maximum Gasteiger partial charge on any atom is 0.274 e. The molecule has 0 aliphatic carbocycles. The fraction of sp³-hybridized carbons (Fsp3) is 0.308. The number of amides is 1. The van der Waals surface area contributed by atoms with E-state index in [2.05, 4.69) is 15.2 Å². The average Bonchev–Trinajstić information content (AvgIpc) is 3.08. The largest absolute Gasteiger partial charge is 0.381 e. The number of likely N-dealkylation sites (tertiary alicyclic amines) is 1. The summed E-state index contributed by atoms with van der Waals surface area (Å²) in [6, 6.07) is 5.69. The summed E-state index contributed by atoms with van der Waals surface area (Å²) in [4.78, 5) is 18.7. The van der Waals surface area contributed by atoms with Gasteiger partial charge in [0.05, 0.1) is 11.7 Å². The molecule has 1 atom stereocenters. The number of nitrogens with two attached hydrogens (primary N) is 1. The predicted octanol–water partition coefficient (Wildman–Crippen LogP) is 2.02. The Balaban J connectivity index is 1.89. The van der Waals surface area contributed by atoms with Crippen molar-refractivity contribution in [1.29, 1.82) is 0 Å². The lowest BCUT2D eigenvalue weighted by molar-refractivity contribution is 0.0727. The lowest BCUT2D eigenvalue weighted by Gasteiger charge is -2.23. The average molecular weight is 292 g/mol. The number of pyridine rings is 1. The van der Waals surface area contributed by atoms with E-state index < -0.39 is 0 Å². The third kappa shape index (κ3) is 2.12. The summed E-state index contributed by atoms with van der Waals surface area (Å²) >= 11 is 5.99. The first kappa shape index (κ1) is 12.9. The molecule has 3 heterocycles. The summed E-state index contributed by atoms with van der Waals surface area (Å²) in [5.41, 5.74) is 6.70. The van der Waals surface area contributed by atoms with Crippen LogP contribution in [0, 0.1) is 0 Å². The zero-order valence-electron chi connectivity index (χ0n) is 10.7. The van der Waals surface area contributed by atoms with Crippen molar-refractivity contribution < 1.29 is 4.79 Å². The smallest absolute Gasteiger partial charge is 0.274 e. The van der Waals surface area contributed by atoms with Gasteiger partial charge in [-0.05, 0) is 25.0 Å². The quantitative estimate of drug-likeness (QED) is 0.886. The van der Waals surface area contributed by atoms with Gasteiger partial charge in [-0.3, -0.25) is 14.9 Å². The maximum absolute atomic E-state index is 12.6. The summed E-state index contributed by atoms with van der Waals surface area (Å²) in [6.07, 6.45) is 3.57. The minimum absolute atomic E-state index is 0.0238. The highest BCUT2D eigenvalue weighted by Gasteiger charge is 2.33. The van der Waals surface area contributed by atoms with Crippen molar-refractivity contribution >= 4 is 23.3 Å². The first-order valence-electron chi connectivity index (χ1n) is 6.39. The summed E-state index contributed by atoms with van der Waals surface area (Å²) < 4.78 is 0. The summed E-state index contributed by atoms with van der Waals surface area (Å²) in [7, 11) is 0. The van der Waals surface area contributed by atoms with Crippen molar-refractivity contribution in [3.63, 3.8) is 0 Å². The van der Waals surface area contributed by atoms with E-state index in [-0.39, 0.29) is 28.5 Å². The number of hydrogen-bond acceptors (Lipinski definition) is 4. The lowest BCUT2D eigenvalue weighted by Crippen LogP contribution is -2.31. The van der Waals surface area contributed by atoms with E-state index in [9.17, 15) is 4.79 Å². The van der Waals surface area contributed by atoms with E-state index in [1.54, 1.807) is 11.1 Å². The number of rotatable bonds is 2. The molecule has 1 amide bonds. The molecular formula is C13H14ClN5O. The molecule has 0 bridgehead atoms. The molecule has 0 radical (unpaired) electrons. The summed E-state index contributed by atoms with van der Waals surface area (Å²) in [5.74, 6) is -0.0454. The van der Waals surface area contributed by atoms with Gasteiger partial charge in [0.2, 0.25) is 0 Å². The number of hydrogen-bond donors (Lipinski definition) is 2. The van der Waals surface area contributed by atoms with Gasteiger partial charge in [-0.25, -0.2) is 0 Å². The Bertz CT molecular complexity index is 627. The fourth-order valence-corrected chi connectivity index (χ4v) is 2.68. The third-order valence-electron chi connectivity index (χ3n) is 3.49. The minimum atomic E-state index is -0.188. The standard InChI is InChI=1S/C13H14ClN5O/c14-10-11(17-18-12(10)15)13(20)19-7-3-5-9(19)8-4-1-2-6-16-8/h1-2,4,6,9H,3,5,7H2,(H3,15,17,18)/t9-/m1/s1. The molecule has 2 aromatic rings. The maximum atomic E-state index is 12.6. The first-order chi connectivity index (χ1) is 9.68. The van der Waals surface area contributed by atoms with Crippen LogP contribution in [0.4, 0.5) is 5.82 Å². The number of aromatic nitrogens is 3. The van der Waals surface area contributed by atoms with Crippen molar-refractivity contribution in [2.24, 2.45) is 0 Å². The molecule has 20 heavy (non-hydrogen) atoms. The number of carbonyl (C=O) groups excluding carboxylic acids is 1. The Labute approximate surface area is 120 Å². The number of nitrogens with one attached hydrogen (secondary N) is 1. The van der Waals surface area contributed by atoms with Crippen molar-refractivity contribution in [3.05, 3.63) is 40.8 Å². The number of nitrogen functional groups attached to an aromatic ring is 1. The SMILES string of the molecule is Nc1n[nH]c(C(=O)N2CCC[C@@H]2c2ccccn2)c1Cl. The van der Waals surface area contributed by atoms with Gasteiger partial charge in [-0.2, -0.15) is 5.10 Å². The summed E-state index contributed by atoms with van der Waals surface area (Å²) in [6.45, 7) is 0.676. The van der Waals surface area contributed by atoms with Crippen LogP contribution in [0.2, 0.25) is 5.02 Å². The number of anilines is 1. The molecule has 1 aliphatic heterocycles. The molecule has 1 saturated heterocycles. The van der Waals surface area contributed by atoms with E-state index in [1.165, 1.54) is 0 Å². The Kier molecular flexibility index (Phi) is 3.31. The molecule has 0 saturated carbocycles. The Morgan fingerprint density at radius 1 is 1.50 bits per heavy atom. The van der Waals surface area contributed by atoms with Crippen LogP contribution < -0.4 is 5.73 Å². The highest BCUT2D eigenvalue weighted by atomic mass is 35.5. The van der Waals surface area contributed by atoms with Crippen molar-refractivity contribution in [3.8, 4) is 0 Å². The van der Waals surface area contributed by atoms with Crippen LogP contribution in [0.5, 0.6) is 0 Å². The van der Waals surface area contributed by atoms with Gasteiger partial charge in [-0.15, -0.1) is 0 Å². The summed E-state index contributed by atoms with van der Waals surface area (Å²) in [5, 5.41) is 6.55. The molecule has 3 rings (SSSR count). The minimum Gasteiger partial charge on any atom is -0.381 e. The fourth-order valence-electron chi connectivity index (χ4n) is 2.52. The topological polar surface area (TPSA) is 87.9 Å². The number of halogens is 1. The molecule has 0 spiro atoms. The van der Waals surface area contributed by atoms with E-state index >= 15 is 0 Å². The van der Waals surface area contributed by atoms with E-state index in [1.807, 2.05) is 18.2 Å². The molecule has 3 N–H and O–H groups in total. The third-order valence-corrected chi connectivity index (χ3v) is 3.87. The van der Waals surface area contributed by atoms with Crippen molar-refractivity contribution in [2.45, 2.75) is 18.9 Å². The molecule has 1 fully saturated rings. The van der Waals surface area contributed by atoms with E-state index in [0.29, 0.717) is 6.54 Å². The first-order valence-corrected chi connectivity index (χ1v) is 6.77. The number of carbonyl (C=O) groups is 1. The number of aromatic amines is 1. The van der Waals surface area contributed by atoms with Crippen LogP contribution in [0.25, 0.3) is 0 Å². The Hall–Kier alpha value is -2.08. The Morgan fingerprint density at radius 2 is 2.35 bits per heavy atom. The van der Waals surface area contributed by atoms with Crippen LogP contribution in [0.1, 0.15) is 35.1 Å². The number of H-pyrrole nitrogens is 1. The van der Waals surface area contributed by atoms with Crippen LogP contribution in [-0.2, 0) is 0 Å². The van der Waals surface area contributed by atoms with Crippen LogP contribution >= 0.6 is 11.6 Å². The van der Waals surface area contributed by atoms with Crippen molar-refractivity contribution in [2.75, 3.05) is 12.3 Å². The zero-order chi connectivity index (χ0) is 14.1. The van der Waals surface area contributed by atoms with Gasteiger partial charge in [0.1, 0.15) is 10.7 Å². The molecule has 104 valence electrons. The predicted molar refractivity (Wildman–Crippen MR) is 75.3 cm³/mol. The van der Waals surface area contributed by atoms with Crippen LogP contribution in [0.3, 0.4) is 0 Å². The lowest BCUT2D eigenvalue weighted by atomic mass is 10.1. The van der Waals surface area contributed by atoms with Gasteiger partial charge in [-0.1, -0.05) is 17.7 Å². The van der Waals surface area contributed by atoms with Crippen molar-refractivity contribution in [1.82, 2.24) is 20.1 Å². The molecule has 0 aromatic carbocycles. The molecule has 2 aromatic heterocycles. The highest BCUT2D eigenvalue weighted by molar-refractivity contribution is 6.35. The Morgan fingerprint density at radius 3 is 3.00 bits per heavy atom. The van der Waals surface area contributed by atoms with Gasteiger partial charge < -0.3 is 10.6 Å². The molecule has 6 nitrogen and oxygen atoms in total. The second-order valence-electron chi connectivity index (χ2n) is 4.71. The van der Waals surface area contributed by atoms with Gasteiger partial charge in [0.25, 0.3) is 5.91 Å². The second-order valence-corrected chi connectivity index (χ2v) is 5.09. The molecular weight excluding hydrogens is 278 g/mol. The second kappa shape index (κ2) is 5.13. The van der Waals surface area contributed by atoms with Gasteiger partial charge in [0.15, 0.2) is 5.82 Å². The normalized spacial score (nSPS) is 18.4. The molecule has 1 aliphatic rings. The van der Waals surface area contributed by atoms with Gasteiger partial charge in [0, 0.05) is 12.7 Å². The van der Waals surface area contributed by atoms with Crippen LogP contribution in [-0.4, -0.2) is 32.5 Å². The molecule has 7 heteroatoms. The van der Waals surface area contributed by atoms with Crippen LogP contribution in [0.15, 0.2) is 24.4 Å².